The number of nitrogens with zero attached hydrogens (tertiary/aromatic N) is 3. The third-order valence-electron chi connectivity index (χ3n) is 6.20. The lowest BCUT2D eigenvalue weighted by Gasteiger charge is -2.27. The minimum atomic E-state index is -0.0760. The van der Waals surface area contributed by atoms with Gasteiger partial charge in [-0.3, -0.25) is 4.98 Å². The summed E-state index contributed by atoms with van der Waals surface area (Å²) in [7, 11) is 1.69. The summed E-state index contributed by atoms with van der Waals surface area (Å²) in [5.74, 6) is 1.70. The molecule has 4 aromatic rings. The third kappa shape index (κ3) is 3.89. The molecule has 5 rings (SSSR count). The molecule has 1 N–H and O–H groups in total. The molecule has 0 bridgehead atoms. The summed E-state index contributed by atoms with van der Waals surface area (Å²) in [6.45, 7) is 4.86. The van der Waals surface area contributed by atoms with Gasteiger partial charge in [-0.05, 0) is 74.1 Å². The van der Waals surface area contributed by atoms with E-state index in [1.807, 2.05) is 48.7 Å². The summed E-state index contributed by atoms with van der Waals surface area (Å²) < 4.78 is 13.4. The Morgan fingerprint density at radius 1 is 1.09 bits per heavy atom. The van der Waals surface area contributed by atoms with E-state index in [0.717, 1.165) is 34.3 Å². The van der Waals surface area contributed by atoms with E-state index in [1.54, 1.807) is 13.4 Å². The van der Waals surface area contributed by atoms with Gasteiger partial charge in [0.05, 0.1) is 37.7 Å². The number of aryl methyl sites for hydroxylation is 1. The van der Waals surface area contributed by atoms with Crippen LogP contribution in [-0.4, -0.2) is 26.7 Å². The van der Waals surface area contributed by atoms with Crippen molar-refractivity contribution in [2.45, 2.75) is 32.5 Å². The molecular weight excluding hydrogens is 432 g/mol. The van der Waals surface area contributed by atoms with E-state index in [4.69, 9.17) is 21.4 Å². The highest BCUT2D eigenvalue weighted by Gasteiger charge is 2.41. The van der Waals surface area contributed by atoms with E-state index < -0.39 is 0 Å². The largest absolute Gasteiger partial charge is 0.497 e. The van der Waals surface area contributed by atoms with Crippen LogP contribution in [0.3, 0.4) is 0 Å². The van der Waals surface area contributed by atoms with Gasteiger partial charge in [0.25, 0.3) is 0 Å². The lowest BCUT2D eigenvalue weighted by molar-refractivity contribution is 0.286. The summed E-state index contributed by atoms with van der Waals surface area (Å²) >= 11 is 5.80. The molecule has 0 amide bonds. The van der Waals surface area contributed by atoms with Crippen molar-refractivity contribution in [3.8, 4) is 11.4 Å². The fourth-order valence-corrected chi connectivity index (χ4v) is 5.02. The molecule has 0 aliphatic carbocycles. The van der Waals surface area contributed by atoms with Crippen molar-refractivity contribution in [2.75, 3.05) is 7.11 Å². The number of pyridine rings is 1. The topological polar surface area (TPSA) is 55.5 Å². The van der Waals surface area contributed by atoms with Gasteiger partial charge in [0.1, 0.15) is 11.5 Å². The van der Waals surface area contributed by atoms with Crippen LogP contribution in [0.25, 0.3) is 5.69 Å². The smallest absolute Gasteiger partial charge is 0.170 e. The molecule has 1 aromatic carbocycles. The van der Waals surface area contributed by atoms with Crippen molar-refractivity contribution in [2.24, 2.45) is 0 Å². The molecule has 0 unspecified atom stereocenters. The lowest BCUT2D eigenvalue weighted by Crippen LogP contribution is -2.29. The second-order valence-corrected chi connectivity index (χ2v) is 8.58. The molecule has 2 atom stereocenters. The molecule has 3 aromatic heterocycles. The van der Waals surface area contributed by atoms with Crippen LogP contribution in [0.5, 0.6) is 5.75 Å². The Kier molecular flexibility index (Phi) is 5.64. The Morgan fingerprint density at radius 2 is 1.97 bits per heavy atom. The minimum absolute atomic E-state index is 0.0388. The van der Waals surface area contributed by atoms with Crippen molar-refractivity contribution in [1.82, 2.24) is 19.8 Å². The van der Waals surface area contributed by atoms with E-state index >= 15 is 0 Å². The van der Waals surface area contributed by atoms with Crippen LogP contribution in [0.2, 0.25) is 0 Å². The summed E-state index contributed by atoms with van der Waals surface area (Å²) in [6.07, 6.45) is 3.52. The van der Waals surface area contributed by atoms with Crippen molar-refractivity contribution < 1.29 is 9.15 Å². The molecular formula is C26H26N4O2S. The summed E-state index contributed by atoms with van der Waals surface area (Å²) in [6, 6.07) is 20.1. The first-order valence-corrected chi connectivity index (χ1v) is 11.3. The van der Waals surface area contributed by atoms with E-state index in [1.165, 1.54) is 5.56 Å². The zero-order chi connectivity index (χ0) is 22.9. The van der Waals surface area contributed by atoms with Crippen molar-refractivity contribution in [1.29, 1.82) is 0 Å². The summed E-state index contributed by atoms with van der Waals surface area (Å²) in [5.41, 5.74) is 5.52. The first-order valence-electron chi connectivity index (χ1n) is 10.9. The first-order chi connectivity index (χ1) is 16.1. The average Bonchev–Trinajstić information content (AvgIpc) is 3.53. The van der Waals surface area contributed by atoms with Gasteiger partial charge in [-0.15, -0.1) is 0 Å². The first kappa shape index (κ1) is 21.3. The Hall–Kier alpha value is -3.58. The molecule has 1 saturated heterocycles. The fourth-order valence-electron chi connectivity index (χ4n) is 4.72. The normalized spacial score (nSPS) is 17.9. The Balaban J connectivity index is 1.62. The quantitative estimate of drug-likeness (QED) is 0.398. The number of nitrogens with one attached hydrogen (secondary N) is 1. The molecule has 7 heteroatoms. The Bertz CT molecular complexity index is 1270. The van der Waals surface area contributed by atoms with Crippen molar-refractivity contribution >= 4 is 17.3 Å². The monoisotopic (exact) mass is 458 g/mol. The summed E-state index contributed by atoms with van der Waals surface area (Å²) in [4.78, 5) is 6.85. The SMILES string of the molecule is COc1cccc(-n2c(C)cc([C@H]3[C@@H](c4ccccn4)NC(=S)N3Cc3ccco3)c2C)c1. The van der Waals surface area contributed by atoms with Gasteiger partial charge >= 0.3 is 0 Å². The molecule has 6 nitrogen and oxygen atoms in total. The fraction of sp³-hybridized carbons (Fsp3) is 0.231. The molecule has 168 valence electrons. The van der Waals surface area contributed by atoms with Crippen LogP contribution < -0.4 is 10.1 Å². The molecule has 33 heavy (non-hydrogen) atoms. The van der Waals surface area contributed by atoms with Crippen molar-refractivity contribution in [3.63, 3.8) is 0 Å². The standard InChI is InChI=1S/C26H26N4O2S/c1-17-14-22(18(2)30(17)19-8-6-9-20(15-19)31-3)25-24(23-11-4-5-12-27-23)28-26(33)29(25)16-21-10-7-13-32-21/h4-15,24-25H,16H2,1-3H3,(H,28,33)/t24-,25+/m1/s1. The highest BCUT2D eigenvalue weighted by Crippen LogP contribution is 2.42. The number of furan rings is 1. The Labute approximate surface area is 198 Å². The molecule has 0 radical (unpaired) electrons. The highest BCUT2D eigenvalue weighted by molar-refractivity contribution is 7.80. The van der Waals surface area contributed by atoms with Gasteiger partial charge in [0.15, 0.2) is 5.11 Å². The maximum absolute atomic E-state index is 5.80. The molecule has 0 saturated carbocycles. The molecule has 0 spiro atoms. The van der Waals surface area contributed by atoms with Crippen molar-refractivity contribution in [3.05, 3.63) is 102 Å². The maximum Gasteiger partial charge on any atom is 0.170 e. The third-order valence-corrected chi connectivity index (χ3v) is 6.56. The maximum atomic E-state index is 5.80. The zero-order valence-corrected chi connectivity index (χ0v) is 19.7. The number of methoxy groups -OCH3 is 1. The Morgan fingerprint density at radius 3 is 2.70 bits per heavy atom. The number of rotatable bonds is 6. The number of aromatic nitrogens is 2. The number of ether oxygens (including phenoxy) is 1. The molecule has 1 fully saturated rings. The molecule has 1 aliphatic rings. The van der Waals surface area contributed by atoms with Gasteiger partial charge in [-0.1, -0.05) is 12.1 Å². The molecule has 1 aliphatic heterocycles. The minimum Gasteiger partial charge on any atom is -0.497 e. The van der Waals surface area contributed by atoms with Crippen LogP contribution in [0.1, 0.15) is 40.5 Å². The lowest BCUT2D eigenvalue weighted by atomic mass is 9.96. The van der Waals surface area contributed by atoms with E-state index in [-0.39, 0.29) is 12.1 Å². The van der Waals surface area contributed by atoms with Crippen LogP contribution in [0.15, 0.2) is 77.5 Å². The second kappa shape index (κ2) is 8.75. The van der Waals surface area contributed by atoms with Crippen LogP contribution in [0, 0.1) is 13.8 Å². The van der Waals surface area contributed by atoms with Gasteiger partial charge < -0.3 is 23.9 Å². The van der Waals surface area contributed by atoms with E-state index in [0.29, 0.717) is 11.7 Å². The predicted molar refractivity (Wildman–Crippen MR) is 131 cm³/mol. The second-order valence-electron chi connectivity index (χ2n) is 8.20. The van der Waals surface area contributed by atoms with Crippen LogP contribution in [-0.2, 0) is 6.54 Å². The van der Waals surface area contributed by atoms with Crippen LogP contribution in [0.4, 0.5) is 0 Å². The average molecular weight is 459 g/mol. The zero-order valence-electron chi connectivity index (χ0n) is 18.9. The predicted octanol–water partition coefficient (Wildman–Crippen LogP) is 5.26. The number of benzene rings is 1. The van der Waals surface area contributed by atoms with Gasteiger partial charge in [-0.2, -0.15) is 0 Å². The number of thiocarbonyl (C=S) groups is 1. The van der Waals surface area contributed by atoms with Gasteiger partial charge in [-0.25, -0.2) is 0 Å². The number of hydrogen-bond acceptors (Lipinski definition) is 4. The van der Waals surface area contributed by atoms with Gasteiger partial charge in [0, 0.05) is 29.3 Å². The van der Waals surface area contributed by atoms with E-state index in [2.05, 4.69) is 51.8 Å². The van der Waals surface area contributed by atoms with E-state index in [9.17, 15) is 0 Å². The van der Waals surface area contributed by atoms with Crippen LogP contribution >= 0.6 is 12.2 Å². The molecule has 4 heterocycles. The number of hydrogen-bond donors (Lipinski definition) is 1. The van der Waals surface area contributed by atoms with Gasteiger partial charge in [0.2, 0.25) is 0 Å². The summed E-state index contributed by atoms with van der Waals surface area (Å²) in [5, 5.41) is 4.21. The highest BCUT2D eigenvalue weighted by atomic mass is 32.1.